The first kappa shape index (κ1) is 7.54. The van der Waals surface area contributed by atoms with Crippen molar-refractivity contribution in [3.8, 4) is 0 Å². The Balaban J connectivity index is 1.95. The van der Waals surface area contributed by atoms with Gasteiger partial charge >= 0.3 is 6.01 Å². The molecule has 1 fully saturated rings. The quantitative estimate of drug-likeness (QED) is 0.681. The first-order valence-corrected chi connectivity index (χ1v) is 4.08. The van der Waals surface area contributed by atoms with Crippen LogP contribution >= 0.6 is 0 Å². The third-order valence-corrected chi connectivity index (χ3v) is 2.06. The molecule has 2 unspecified atom stereocenters. The Hall–Kier alpha value is -1.10. The Labute approximate surface area is 70.3 Å². The van der Waals surface area contributed by atoms with Gasteiger partial charge < -0.3 is 15.5 Å². The molecule has 1 aromatic heterocycles. The highest BCUT2D eigenvalue weighted by Gasteiger charge is 2.33. The normalized spacial score (nSPS) is 27.2. The molecule has 5 heteroatoms. The molecule has 1 heterocycles. The Bertz CT molecular complexity index is 272. The number of hydrogen-bond donors (Lipinski definition) is 2. The smallest absolute Gasteiger partial charge is 0.315 e. The summed E-state index contributed by atoms with van der Waals surface area (Å²) in [5, 5.41) is 10.7. The molecular formula is C7H12N4O. The fraction of sp³-hybridized carbons (Fsp3) is 0.714. The second-order valence-electron chi connectivity index (χ2n) is 3.17. The molecule has 0 aromatic carbocycles. The summed E-state index contributed by atoms with van der Waals surface area (Å²) >= 11 is 0. The van der Waals surface area contributed by atoms with Gasteiger partial charge in [0, 0.05) is 6.04 Å². The van der Waals surface area contributed by atoms with Crippen molar-refractivity contribution in [2.24, 2.45) is 11.7 Å². The van der Waals surface area contributed by atoms with Gasteiger partial charge in [0.25, 0.3) is 0 Å². The summed E-state index contributed by atoms with van der Waals surface area (Å²) in [4.78, 5) is 0. The fourth-order valence-electron chi connectivity index (χ4n) is 1.08. The van der Waals surface area contributed by atoms with Gasteiger partial charge in [-0.2, -0.15) is 0 Å². The van der Waals surface area contributed by atoms with Crippen LogP contribution in [0.2, 0.25) is 0 Å². The number of hydrogen-bond acceptors (Lipinski definition) is 5. The van der Waals surface area contributed by atoms with Gasteiger partial charge in [0.2, 0.25) is 5.89 Å². The lowest BCUT2D eigenvalue weighted by Gasteiger charge is -1.95. The molecule has 0 saturated heterocycles. The first-order chi connectivity index (χ1) is 5.79. The average Bonchev–Trinajstić information content (AvgIpc) is 2.61. The van der Waals surface area contributed by atoms with Crippen LogP contribution in [0.5, 0.6) is 0 Å². The summed E-state index contributed by atoms with van der Waals surface area (Å²) in [7, 11) is 0. The van der Waals surface area contributed by atoms with Crippen LogP contribution in [-0.4, -0.2) is 16.2 Å². The molecule has 1 aromatic rings. The average molecular weight is 168 g/mol. The molecule has 0 aliphatic heterocycles. The molecular weight excluding hydrogens is 156 g/mol. The zero-order chi connectivity index (χ0) is 8.55. The van der Waals surface area contributed by atoms with Crippen molar-refractivity contribution in [3.63, 3.8) is 0 Å². The molecule has 2 rings (SSSR count). The molecule has 0 amide bonds. The van der Waals surface area contributed by atoms with Crippen LogP contribution in [0.15, 0.2) is 4.42 Å². The van der Waals surface area contributed by atoms with E-state index in [-0.39, 0.29) is 0 Å². The molecule has 12 heavy (non-hydrogen) atoms. The maximum absolute atomic E-state index is 5.31. The molecule has 0 radical (unpaired) electrons. The van der Waals surface area contributed by atoms with Crippen molar-refractivity contribution in [2.75, 3.05) is 5.32 Å². The van der Waals surface area contributed by atoms with Gasteiger partial charge in [0.1, 0.15) is 0 Å². The maximum atomic E-state index is 5.31. The number of nitrogens with zero attached hydrogens (tertiary/aromatic N) is 2. The third-order valence-electron chi connectivity index (χ3n) is 2.06. The fourth-order valence-corrected chi connectivity index (χ4v) is 1.08. The van der Waals surface area contributed by atoms with E-state index in [9.17, 15) is 0 Å². The van der Waals surface area contributed by atoms with Crippen molar-refractivity contribution >= 4 is 6.01 Å². The maximum Gasteiger partial charge on any atom is 0.315 e. The number of anilines is 1. The van der Waals surface area contributed by atoms with Crippen molar-refractivity contribution in [3.05, 3.63) is 5.89 Å². The van der Waals surface area contributed by atoms with Crippen LogP contribution < -0.4 is 11.1 Å². The minimum absolute atomic E-state index is 0.300. The van der Waals surface area contributed by atoms with Gasteiger partial charge in [-0.1, -0.05) is 12.0 Å². The summed E-state index contributed by atoms with van der Waals surface area (Å²) in [6.07, 6.45) is 1.18. The van der Waals surface area contributed by atoms with E-state index < -0.39 is 0 Å². The molecule has 1 aliphatic rings. The number of rotatable bonds is 3. The highest BCUT2D eigenvalue weighted by atomic mass is 16.4. The van der Waals surface area contributed by atoms with E-state index in [2.05, 4.69) is 22.4 Å². The van der Waals surface area contributed by atoms with Crippen molar-refractivity contribution in [2.45, 2.75) is 25.9 Å². The second kappa shape index (κ2) is 2.75. The molecule has 1 saturated carbocycles. The number of nitrogens with one attached hydrogen (secondary N) is 1. The van der Waals surface area contributed by atoms with E-state index in [0.29, 0.717) is 24.5 Å². The zero-order valence-corrected chi connectivity index (χ0v) is 6.95. The lowest BCUT2D eigenvalue weighted by molar-refractivity contribution is 0.506. The topological polar surface area (TPSA) is 77.0 Å². The molecule has 2 atom stereocenters. The summed E-state index contributed by atoms with van der Waals surface area (Å²) in [5.74, 6) is 1.20. The predicted molar refractivity (Wildman–Crippen MR) is 43.4 cm³/mol. The highest BCUT2D eigenvalue weighted by molar-refractivity contribution is 5.23. The van der Waals surface area contributed by atoms with Crippen LogP contribution in [0.25, 0.3) is 0 Å². The first-order valence-electron chi connectivity index (χ1n) is 4.08. The minimum Gasteiger partial charge on any atom is -0.407 e. The Kier molecular flexibility index (Phi) is 1.73. The molecule has 5 nitrogen and oxygen atoms in total. The lowest BCUT2D eigenvalue weighted by Crippen LogP contribution is -2.03. The lowest BCUT2D eigenvalue weighted by atomic mass is 10.5. The van der Waals surface area contributed by atoms with E-state index in [1.165, 1.54) is 6.42 Å². The van der Waals surface area contributed by atoms with E-state index >= 15 is 0 Å². The molecule has 66 valence electrons. The van der Waals surface area contributed by atoms with Crippen molar-refractivity contribution in [1.29, 1.82) is 0 Å². The second-order valence-corrected chi connectivity index (χ2v) is 3.17. The summed E-state index contributed by atoms with van der Waals surface area (Å²) < 4.78 is 5.17. The summed E-state index contributed by atoms with van der Waals surface area (Å²) in [6, 6.07) is 1.00. The Morgan fingerprint density at radius 1 is 1.67 bits per heavy atom. The summed E-state index contributed by atoms with van der Waals surface area (Å²) in [6.45, 7) is 2.48. The SMILES string of the molecule is CC1CC1Nc1nnc(CN)o1. The molecule has 1 aliphatic carbocycles. The standard InChI is InChI=1S/C7H12N4O/c1-4-2-5(4)9-7-11-10-6(3-8)12-7/h4-5H,2-3,8H2,1H3,(H,9,11). The number of nitrogens with two attached hydrogens (primary N) is 1. The monoisotopic (exact) mass is 168 g/mol. The van der Waals surface area contributed by atoms with Gasteiger partial charge in [0.05, 0.1) is 6.54 Å². The van der Waals surface area contributed by atoms with E-state index in [0.717, 1.165) is 5.92 Å². The van der Waals surface area contributed by atoms with Crippen molar-refractivity contribution in [1.82, 2.24) is 10.2 Å². The Morgan fingerprint density at radius 2 is 2.42 bits per heavy atom. The molecule has 3 N–H and O–H groups in total. The van der Waals surface area contributed by atoms with Crippen molar-refractivity contribution < 1.29 is 4.42 Å². The van der Waals surface area contributed by atoms with Gasteiger partial charge in [-0.3, -0.25) is 0 Å². The van der Waals surface area contributed by atoms with Crippen LogP contribution in [0.1, 0.15) is 19.2 Å². The van der Waals surface area contributed by atoms with Crippen LogP contribution in [0.4, 0.5) is 6.01 Å². The van der Waals surface area contributed by atoms with Gasteiger partial charge in [-0.25, -0.2) is 0 Å². The van der Waals surface area contributed by atoms with E-state index in [4.69, 9.17) is 10.2 Å². The molecule has 0 spiro atoms. The highest BCUT2D eigenvalue weighted by Crippen LogP contribution is 2.32. The number of aromatic nitrogens is 2. The van der Waals surface area contributed by atoms with Crippen LogP contribution in [0.3, 0.4) is 0 Å². The minimum atomic E-state index is 0.300. The van der Waals surface area contributed by atoms with Gasteiger partial charge in [-0.05, 0) is 12.3 Å². The third kappa shape index (κ3) is 1.40. The van der Waals surface area contributed by atoms with Gasteiger partial charge in [-0.15, -0.1) is 5.10 Å². The van der Waals surface area contributed by atoms with Gasteiger partial charge in [0.15, 0.2) is 0 Å². The largest absolute Gasteiger partial charge is 0.407 e. The van der Waals surface area contributed by atoms with Crippen LogP contribution in [-0.2, 0) is 6.54 Å². The summed E-state index contributed by atoms with van der Waals surface area (Å²) in [5.41, 5.74) is 5.31. The van der Waals surface area contributed by atoms with E-state index in [1.54, 1.807) is 0 Å². The zero-order valence-electron chi connectivity index (χ0n) is 6.95. The Morgan fingerprint density at radius 3 is 2.92 bits per heavy atom. The van der Waals surface area contributed by atoms with E-state index in [1.807, 2.05) is 0 Å². The van der Waals surface area contributed by atoms with Crippen LogP contribution in [0, 0.1) is 5.92 Å². The predicted octanol–water partition coefficient (Wildman–Crippen LogP) is 0.349. The molecule has 0 bridgehead atoms.